The van der Waals surface area contributed by atoms with E-state index in [9.17, 15) is 14.2 Å². The molecule has 1 unspecified atom stereocenters. The SMILES string of the molecule is Cc1cc(C)c(C(=O)[P](=O)C2(C(=O)c3c(Cl)cccc3Cl)CCCC2)c(C)c1. The smallest absolute Gasteiger partial charge is 0.243 e. The second-order valence-electron chi connectivity index (χ2n) is 7.54. The molecule has 3 nitrogen and oxygen atoms in total. The minimum Gasteiger partial charge on any atom is -0.293 e. The van der Waals surface area contributed by atoms with Crippen LogP contribution in [0.4, 0.5) is 0 Å². The van der Waals surface area contributed by atoms with Gasteiger partial charge in [-0.2, -0.15) is 0 Å². The van der Waals surface area contributed by atoms with Gasteiger partial charge in [-0.15, -0.1) is 0 Å². The molecule has 6 heteroatoms. The molecular weight excluding hydrogens is 414 g/mol. The third-order valence-corrected chi connectivity index (χ3v) is 8.16. The number of carbonyl (C=O) groups excluding carboxylic acids is 2. The summed E-state index contributed by atoms with van der Waals surface area (Å²) in [4.78, 5) is 26.8. The zero-order valence-corrected chi connectivity index (χ0v) is 18.5. The lowest BCUT2D eigenvalue weighted by molar-refractivity contribution is 0.0931. The van der Waals surface area contributed by atoms with Crippen molar-refractivity contribution in [2.75, 3.05) is 0 Å². The summed E-state index contributed by atoms with van der Waals surface area (Å²) < 4.78 is 13.6. The summed E-state index contributed by atoms with van der Waals surface area (Å²) in [6.07, 6.45) is 2.29. The van der Waals surface area contributed by atoms with Gasteiger partial charge in [0.1, 0.15) is 5.16 Å². The molecule has 1 aliphatic carbocycles. The van der Waals surface area contributed by atoms with E-state index in [-0.39, 0.29) is 21.4 Å². The molecule has 0 amide bonds. The highest BCUT2D eigenvalue weighted by atomic mass is 35.5. The maximum atomic E-state index is 13.6. The van der Waals surface area contributed by atoms with E-state index in [2.05, 4.69) is 0 Å². The number of aryl methyl sites for hydroxylation is 3. The Bertz CT molecular complexity index is 948. The first-order chi connectivity index (χ1) is 13.2. The Balaban J connectivity index is 2.09. The fourth-order valence-electron chi connectivity index (χ4n) is 4.24. The van der Waals surface area contributed by atoms with Crippen LogP contribution in [0.3, 0.4) is 0 Å². The van der Waals surface area contributed by atoms with Gasteiger partial charge in [-0.05, 0) is 56.9 Å². The standard InChI is InChI=1S/C22H22Cl2O3P/c1-13-11-14(2)18(15(3)12-13)21(26)28(27)22(9-4-5-10-22)20(25)19-16(23)7-6-8-17(19)24/h6-8,11-12H,4-5,9-10H2,1-3H3. The molecule has 0 spiro atoms. The third-order valence-electron chi connectivity index (χ3n) is 5.51. The van der Waals surface area contributed by atoms with Crippen molar-refractivity contribution in [1.29, 1.82) is 0 Å². The Labute approximate surface area is 176 Å². The van der Waals surface area contributed by atoms with Crippen LogP contribution in [0.2, 0.25) is 10.0 Å². The minimum absolute atomic E-state index is 0.168. The summed E-state index contributed by atoms with van der Waals surface area (Å²) in [6.45, 7) is 5.63. The average molecular weight is 436 g/mol. The average Bonchev–Trinajstić information content (AvgIpc) is 3.10. The number of hydrogen-bond acceptors (Lipinski definition) is 3. The highest BCUT2D eigenvalue weighted by molar-refractivity contribution is 7.67. The number of Topliss-reactive ketones (excluding diaryl/α,β-unsaturated/α-hetero) is 1. The summed E-state index contributed by atoms with van der Waals surface area (Å²) in [5, 5.41) is -0.796. The zero-order valence-electron chi connectivity index (χ0n) is 16.1. The van der Waals surface area contributed by atoms with E-state index in [1.54, 1.807) is 18.2 Å². The number of benzene rings is 2. The quantitative estimate of drug-likeness (QED) is 0.372. The molecule has 0 bridgehead atoms. The predicted octanol–water partition coefficient (Wildman–Crippen LogP) is 7.08. The molecule has 1 fully saturated rings. The summed E-state index contributed by atoms with van der Waals surface area (Å²) in [5.41, 5.74) is 2.77. The normalized spacial score (nSPS) is 16.1. The van der Waals surface area contributed by atoms with Crippen LogP contribution in [-0.4, -0.2) is 16.5 Å². The first kappa shape index (κ1) is 21.2. The first-order valence-electron chi connectivity index (χ1n) is 9.27. The van der Waals surface area contributed by atoms with Gasteiger partial charge >= 0.3 is 0 Å². The maximum Gasteiger partial charge on any atom is 0.243 e. The van der Waals surface area contributed by atoms with E-state index < -0.39 is 18.5 Å². The molecule has 1 aliphatic rings. The Morgan fingerprint density at radius 3 is 1.93 bits per heavy atom. The van der Waals surface area contributed by atoms with Crippen molar-refractivity contribution in [2.24, 2.45) is 0 Å². The maximum absolute atomic E-state index is 13.6. The summed E-state index contributed by atoms with van der Waals surface area (Å²) >= 11 is 12.5. The fraction of sp³-hybridized carbons (Fsp3) is 0.364. The third kappa shape index (κ3) is 3.56. The highest BCUT2D eigenvalue weighted by Crippen LogP contribution is 2.55. The van der Waals surface area contributed by atoms with E-state index in [4.69, 9.17) is 23.2 Å². The number of hydrogen-bond donors (Lipinski definition) is 0. The van der Waals surface area contributed by atoms with Gasteiger partial charge in [-0.25, -0.2) is 0 Å². The van der Waals surface area contributed by atoms with E-state index in [0.29, 0.717) is 18.4 Å². The van der Waals surface area contributed by atoms with Gasteiger partial charge in [-0.1, -0.05) is 59.8 Å². The predicted molar refractivity (Wildman–Crippen MR) is 115 cm³/mol. The lowest BCUT2D eigenvalue weighted by Crippen LogP contribution is -2.34. The number of rotatable bonds is 5. The van der Waals surface area contributed by atoms with Crippen molar-refractivity contribution in [3.63, 3.8) is 0 Å². The van der Waals surface area contributed by atoms with Crippen molar-refractivity contribution >= 4 is 42.3 Å². The van der Waals surface area contributed by atoms with Crippen molar-refractivity contribution in [2.45, 2.75) is 51.6 Å². The van der Waals surface area contributed by atoms with E-state index in [0.717, 1.165) is 29.5 Å². The van der Waals surface area contributed by atoms with Gasteiger partial charge in [0.25, 0.3) is 0 Å². The Morgan fingerprint density at radius 1 is 0.929 bits per heavy atom. The highest BCUT2D eigenvalue weighted by Gasteiger charge is 2.51. The van der Waals surface area contributed by atoms with E-state index in [1.165, 1.54) is 0 Å². The lowest BCUT2D eigenvalue weighted by Gasteiger charge is -2.27. The Morgan fingerprint density at radius 2 is 1.43 bits per heavy atom. The van der Waals surface area contributed by atoms with Gasteiger partial charge in [0.2, 0.25) is 5.52 Å². The second kappa shape index (κ2) is 8.06. The molecule has 1 radical (unpaired) electrons. The Hall–Kier alpha value is -1.54. The van der Waals surface area contributed by atoms with Crippen LogP contribution in [-0.2, 0) is 4.57 Å². The van der Waals surface area contributed by atoms with Crippen LogP contribution in [0.5, 0.6) is 0 Å². The van der Waals surface area contributed by atoms with Crippen LogP contribution in [0.1, 0.15) is 63.1 Å². The molecule has 3 rings (SSSR count). The van der Waals surface area contributed by atoms with Gasteiger partial charge in [0, 0.05) is 5.56 Å². The largest absolute Gasteiger partial charge is 0.293 e. The van der Waals surface area contributed by atoms with Crippen molar-refractivity contribution < 1.29 is 14.2 Å². The zero-order chi connectivity index (χ0) is 20.6. The molecule has 28 heavy (non-hydrogen) atoms. The van der Waals surface area contributed by atoms with E-state index in [1.807, 2.05) is 32.9 Å². The van der Waals surface area contributed by atoms with Crippen LogP contribution in [0, 0.1) is 20.8 Å². The number of ketones is 1. The van der Waals surface area contributed by atoms with Crippen molar-refractivity contribution in [1.82, 2.24) is 0 Å². The Kier molecular flexibility index (Phi) is 6.10. The number of halogens is 2. The molecule has 0 aliphatic heterocycles. The first-order valence-corrected chi connectivity index (χ1v) is 11.3. The molecule has 2 aromatic rings. The minimum atomic E-state index is -2.49. The fourth-order valence-corrected chi connectivity index (χ4v) is 6.78. The summed E-state index contributed by atoms with van der Waals surface area (Å²) in [6, 6.07) is 8.64. The van der Waals surface area contributed by atoms with Gasteiger partial charge in [0.05, 0.1) is 15.6 Å². The molecule has 0 aromatic heterocycles. The number of carbonyl (C=O) groups is 2. The molecule has 2 aromatic carbocycles. The monoisotopic (exact) mass is 435 g/mol. The van der Waals surface area contributed by atoms with Crippen LogP contribution in [0.15, 0.2) is 30.3 Å². The van der Waals surface area contributed by atoms with Gasteiger partial charge < -0.3 is 0 Å². The van der Waals surface area contributed by atoms with Crippen LogP contribution >= 0.6 is 31.0 Å². The molecule has 0 saturated heterocycles. The van der Waals surface area contributed by atoms with Crippen LogP contribution < -0.4 is 0 Å². The molecule has 147 valence electrons. The van der Waals surface area contributed by atoms with Gasteiger partial charge in [-0.3, -0.25) is 14.2 Å². The lowest BCUT2D eigenvalue weighted by atomic mass is 9.95. The second-order valence-corrected chi connectivity index (χ2v) is 10.2. The van der Waals surface area contributed by atoms with Gasteiger partial charge in [0.15, 0.2) is 13.6 Å². The molecular formula is C22H22Cl2O3P. The molecule has 1 saturated carbocycles. The van der Waals surface area contributed by atoms with E-state index >= 15 is 0 Å². The van der Waals surface area contributed by atoms with Crippen LogP contribution in [0.25, 0.3) is 0 Å². The molecule has 0 N–H and O–H groups in total. The van der Waals surface area contributed by atoms with Crippen molar-refractivity contribution in [3.8, 4) is 0 Å². The summed E-state index contributed by atoms with van der Waals surface area (Å²) in [5.74, 6) is -0.377. The van der Waals surface area contributed by atoms with Crippen molar-refractivity contribution in [3.05, 3.63) is 68.2 Å². The molecule has 1 atom stereocenters. The summed E-state index contributed by atoms with van der Waals surface area (Å²) in [7, 11) is -2.49. The topological polar surface area (TPSA) is 51.2 Å². The molecule has 0 heterocycles.